The van der Waals surface area contributed by atoms with Crippen molar-refractivity contribution in [1.29, 1.82) is 0 Å². The molecule has 21 heavy (non-hydrogen) atoms. The van der Waals surface area contributed by atoms with E-state index in [0.29, 0.717) is 11.8 Å². The van der Waals surface area contributed by atoms with Crippen LogP contribution in [-0.2, 0) is 13.0 Å². The quantitative estimate of drug-likeness (QED) is 0.910. The van der Waals surface area contributed by atoms with Crippen LogP contribution in [-0.4, -0.2) is 21.3 Å². The van der Waals surface area contributed by atoms with Crippen LogP contribution in [0.1, 0.15) is 68.9 Å². The molecule has 0 amide bonds. The Morgan fingerprint density at radius 2 is 1.86 bits per heavy atom. The summed E-state index contributed by atoms with van der Waals surface area (Å²) in [6.07, 6.45) is 12.2. The van der Waals surface area contributed by atoms with Gasteiger partial charge >= 0.3 is 0 Å². The summed E-state index contributed by atoms with van der Waals surface area (Å²) in [5, 5.41) is 9.09. The number of hydrogen-bond donors (Lipinski definition) is 1. The first kappa shape index (κ1) is 13.7. The summed E-state index contributed by atoms with van der Waals surface area (Å²) in [4.78, 5) is 0. The van der Waals surface area contributed by atoms with E-state index in [-0.39, 0.29) is 0 Å². The first-order chi connectivity index (χ1) is 10.3. The van der Waals surface area contributed by atoms with Crippen molar-refractivity contribution in [3.63, 3.8) is 0 Å². The molecule has 2 heterocycles. The van der Waals surface area contributed by atoms with Crippen LogP contribution in [0.5, 0.6) is 0 Å². The van der Waals surface area contributed by atoms with Crippen molar-refractivity contribution in [2.24, 2.45) is 23.5 Å². The first-order valence-electron chi connectivity index (χ1n) is 8.97. The molecule has 2 aliphatic carbocycles. The predicted molar refractivity (Wildman–Crippen MR) is 82.9 cm³/mol. The van der Waals surface area contributed by atoms with Gasteiger partial charge in [0.2, 0.25) is 0 Å². The minimum atomic E-state index is 0.614. The maximum Gasteiger partial charge on any atom is 0.136 e. The molecule has 0 saturated heterocycles. The molecule has 1 aromatic heterocycles. The fourth-order valence-corrected chi connectivity index (χ4v) is 5.03. The van der Waals surface area contributed by atoms with Gasteiger partial charge in [0, 0.05) is 18.9 Å². The molecule has 0 spiro atoms. The summed E-state index contributed by atoms with van der Waals surface area (Å²) in [6.45, 7) is 1.87. The summed E-state index contributed by atoms with van der Waals surface area (Å²) in [5.41, 5.74) is 5.83. The number of rotatable bonds is 2. The maximum absolute atomic E-state index is 5.83. The van der Waals surface area contributed by atoms with Crippen molar-refractivity contribution in [3.05, 3.63) is 11.6 Å². The number of nitrogens with two attached hydrogens (primary N) is 1. The van der Waals surface area contributed by atoms with Crippen LogP contribution in [0.2, 0.25) is 0 Å². The third-order valence-electron chi connectivity index (χ3n) is 6.33. The number of nitrogens with zero attached hydrogens (tertiary/aromatic N) is 3. The standard InChI is InChI=1S/C17H28N4/c18-11-12-7-8-21-16(9-12)19-20-17(21)15-6-5-13-3-1-2-4-14(13)10-15/h12-15H,1-11,18H2. The van der Waals surface area contributed by atoms with Crippen molar-refractivity contribution < 1.29 is 0 Å². The first-order valence-corrected chi connectivity index (χ1v) is 8.97. The number of hydrogen-bond acceptors (Lipinski definition) is 3. The van der Waals surface area contributed by atoms with Crippen molar-refractivity contribution in [1.82, 2.24) is 14.8 Å². The minimum absolute atomic E-state index is 0.614. The van der Waals surface area contributed by atoms with Crippen LogP contribution in [0.4, 0.5) is 0 Å². The zero-order valence-corrected chi connectivity index (χ0v) is 13.0. The topological polar surface area (TPSA) is 56.7 Å². The van der Waals surface area contributed by atoms with E-state index in [1.54, 1.807) is 0 Å². The molecule has 4 heteroatoms. The molecule has 4 rings (SSSR count). The third-order valence-corrected chi connectivity index (χ3v) is 6.33. The predicted octanol–water partition coefficient (Wildman–Crippen LogP) is 2.87. The zero-order valence-electron chi connectivity index (χ0n) is 13.0. The van der Waals surface area contributed by atoms with E-state index in [1.807, 2.05) is 0 Å². The lowest BCUT2D eigenvalue weighted by atomic mass is 9.67. The van der Waals surface area contributed by atoms with Gasteiger partial charge < -0.3 is 10.3 Å². The molecule has 4 atom stereocenters. The van der Waals surface area contributed by atoms with Crippen LogP contribution >= 0.6 is 0 Å². The monoisotopic (exact) mass is 288 g/mol. The SMILES string of the molecule is NCC1CCn2c(nnc2C2CCC3CCCCC3C2)C1. The van der Waals surface area contributed by atoms with E-state index in [2.05, 4.69) is 14.8 Å². The van der Waals surface area contributed by atoms with E-state index in [0.717, 1.165) is 31.3 Å². The average molecular weight is 288 g/mol. The Bertz CT molecular complexity index is 495. The van der Waals surface area contributed by atoms with Crippen LogP contribution in [0.25, 0.3) is 0 Å². The largest absolute Gasteiger partial charge is 0.330 e. The minimum Gasteiger partial charge on any atom is -0.330 e. The summed E-state index contributed by atoms with van der Waals surface area (Å²) in [7, 11) is 0. The highest BCUT2D eigenvalue weighted by atomic mass is 15.3. The second-order valence-corrected chi connectivity index (χ2v) is 7.54. The lowest BCUT2D eigenvalue weighted by molar-refractivity contribution is 0.151. The van der Waals surface area contributed by atoms with Gasteiger partial charge in [-0.1, -0.05) is 25.7 Å². The molecular weight excluding hydrogens is 260 g/mol. The Kier molecular flexibility index (Phi) is 3.74. The van der Waals surface area contributed by atoms with E-state index < -0.39 is 0 Å². The molecule has 2 fully saturated rings. The summed E-state index contributed by atoms with van der Waals surface area (Å²) >= 11 is 0. The molecule has 4 nitrogen and oxygen atoms in total. The lowest BCUT2D eigenvalue weighted by Gasteiger charge is -2.39. The summed E-state index contributed by atoms with van der Waals surface area (Å²) in [6, 6.07) is 0. The molecular formula is C17H28N4. The van der Waals surface area contributed by atoms with Gasteiger partial charge in [0.25, 0.3) is 0 Å². The lowest BCUT2D eigenvalue weighted by Crippen LogP contribution is -2.30. The Hall–Kier alpha value is -0.900. The van der Waals surface area contributed by atoms with Gasteiger partial charge in [-0.05, 0) is 50.0 Å². The maximum atomic E-state index is 5.83. The van der Waals surface area contributed by atoms with Crippen LogP contribution in [0.15, 0.2) is 0 Å². The fourth-order valence-electron chi connectivity index (χ4n) is 5.03. The molecule has 0 aromatic carbocycles. The highest BCUT2D eigenvalue weighted by molar-refractivity contribution is 5.07. The molecule has 2 N–H and O–H groups in total. The van der Waals surface area contributed by atoms with Gasteiger partial charge in [0.1, 0.15) is 11.6 Å². The third kappa shape index (κ3) is 2.52. The van der Waals surface area contributed by atoms with E-state index in [9.17, 15) is 0 Å². The summed E-state index contributed by atoms with van der Waals surface area (Å²) in [5.74, 6) is 5.75. The van der Waals surface area contributed by atoms with Gasteiger partial charge in [-0.3, -0.25) is 0 Å². The van der Waals surface area contributed by atoms with Gasteiger partial charge in [-0.25, -0.2) is 0 Å². The Morgan fingerprint density at radius 1 is 1.00 bits per heavy atom. The number of fused-ring (bicyclic) bond motifs is 2. The Morgan fingerprint density at radius 3 is 2.71 bits per heavy atom. The van der Waals surface area contributed by atoms with Crippen LogP contribution in [0, 0.1) is 17.8 Å². The normalized spacial score (nSPS) is 36.0. The highest BCUT2D eigenvalue weighted by Crippen LogP contribution is 2.46. The van der Waals surface area contributed by atoms with Gasteiger partial charge in [0.15, 0.2) is 0 Å². The highest BCUT2D eigenvalue weighted by Gasteiger charge is 2.35. The molecule has 4 unspecified atom stereocenters. The second-order valence-electron chi connectivity index (χ2n) is 7.54. The fraction of sp³-hybridized carbons (Fsp3) is 0.882. The van der Waals surface area contributed by atoms with Crippen molar-refractivity contribution in [2.45, 2.75) is 70.3 Å². The van der Waals surface area contributed by atoms with Crippen molar-refractivity contribution in [3.8, 4) is 0 Å². The van der Waals surface area contributed by atoms with Crippen molar-refractivity contribution in [2.75, 3.05) is 6.54 Å². The number of aromatic nitrogens is 3. The molecule has 1 aromatic rings. The van der Waals surface area contributed by atoms with Gasteiger partial charge in [0.05, 0.1) is 0 Å². The van der Waals surface area contributed by atoms with E-state index in [1.165, 1.54) is 63.0 Å². The molecule has 0 bridgehead atoms. The molecule has 2 saturated carbocycles. The second kappa shape index (κ2) is 5.71. The van der Waals surface area contributed by atoms with Crippen LogP contribution in [0.3, 0.4) is 0 Å². The van der Waals surface area contributed by atoms with E-state index in [4.69, 9.17) is 5.73 Å². The Balaban J connectivity index is 1.51. The molecule has 0 radical (unpaired) electrons. The van der Waals surface area contributed by atoms with Crippen LogP contribution < -0.4 is 5.73 Å². The Labute approximate surface area is 127 Å². The summed E-state index contributed by atoms with van der Waals surface area (Å²) < 4.78 is 2.43. The van der Waals surface area contributed by atoms with Gasteiger partial charge in [-0.15, -0.1) is 10.2 Å². The zero-order chi connectivity index (χ0) is 14.2. The van der Waals surface area contributed by atoms with Gasteiger partial charge in [-0.2, -0.15) is 0 Å². The van der Waals surface area contributed by atoms with Crippen molar-refractivity contribution >= 4 is 0 Å². The molecule has 116 valence electrons. The average Bonchev–Trinajstić information content (AvgIpc) is 2.97. The smallest absolute Gasteiger partial charge is 0.136 e. The molecule has 3 aliphatic rings. The molecule has 1 aliphatic heterocycles. The van der Waals surface area contributed by atoms with E-state index >= 15 is 0 Å².